The third-order valence-electron chi connectivity index (χ3n) is 9.03. The molecule has 3 aliphatic heterocycles. The smallest absolute Gasteiger partial charge is 0.125 e. The van der Waals surface area contributed by atoms with Crippen molar-refractivity contribution in [3.8, 4) is 0 Å². The van der Waals surface area contributed by atoms with Gasteiger partial charge in [0.2, 0.25) is 0 Å². The summed E-state index contributed by atoms with van der Waals surface area (Å²) in [7, 11) is 0. The van der Waals surface area contributed by atoms with E-state index in [0.717, 1.165) is 70.7 Å². The molecule has 3 unspecified atom stereocenters. The summed E-state index contributed by atoms with van der Waals surface area (Å²) in [5, 5.41) is 3.72. The van der Waals surface area contributed by atoms with Crippen LogP contribution in [0.15, 0.2) is 42.6 Å². The van der Waals surface area contributed by atoms with Crippen LogP contribution in [0.1, 0.15) is 69.0 Å². The maximum absolute atomic E-state index is 14.3. The van der Waals surface area contributed by atoms with Gasteiger partial charge in [0, 0.05) is 36.1 Å². The number of halogens is 1. The molecule has 1 saturated carbocycles. The van der Waals surface area contributed by atoms with Crippen LogP contribution in [0, 0.1) is 5.82 Å². The standard InChI is InChI=1S/C29H38FN3O2/c30-23-7-6-22(26(17-23)33-24-8-9-25(33)20-34-19-24)18-31-15-12-28(27-5-1-4-14-32-27)13-16-35-29(21-28)10-2-3-11-29/h1,4-7,14,17,24-25,31H,2-3,8-13,15-16,18-21H2. The van der Waals surface area contributed by atoms with Crippen LogP contribution < -0.4 is 10.2 Å². The van der Waals surface area contributed by atoms with E-state index in [0.29, 0.717) is 12.1 Å². The molecule has 4 fully saturated rings. The number of nitrogens with zero attached hydrogens (tertiary/aromatic N) is 2. The number of hydrogen-bond donors (Lipinski definition) is 1. The minimum absolute atomic E-state index is 0.0372. The number of hydrogen-bond acceptors (Lipinski definition) is 5. The lowest BCUT2D eigenvalue weighted by molar-refractivity contribution is -0.104. The van der Waals surface area contributed by atoms with Crippen molar-refractivity contribution in [3.63, 3.8) is 0 Å². The summed E-state index contributed by atoms with van der Waals surface area (Å²) in [5.74, 6) is -0.159. The van der Waals surface area contributed by atoms with Gasteiger partial charge in [0.05, 0.1) is 30.9 Å². The monoisotopic (exact) mass is 479 g/mol. The summed E-state index contributed by atoms with van der Waals surface area (Å²) in [6.45, 7) is 3.96. The zero-order chi connectivity index (χ0) is 23.7. The summed E-state index contributed by atoms with van der Waals surface area (Å²) in [5.41, 5.74) is 3.52. The number of morpholine rings is 1. The second kappa shape index (κ2) is 9.79. The van der Waals surface area contributed by atoms with Gasteiger partial charge in [0.15, 0.2) is 0 Å². The Bertz CT molecular complexity index is 996. The van der Waals surface area contributed by atoms with Crippen molar-refractivity contribution in [2.75, 3.05) is 31.3 Å². The van der Waals surface area contributed by atoms with E-state index in [1.54, 1.807) is 12.1 Å². The van der Waals surface area contributed by atoms with Crippen molar-refractivity contribution in [2.45, 2.75) is 87.4 Å². The van der Waals surface area contributed by atoms with Crippen molar-refractivity contribution >= 4 is 5.69 Å². The summed E-state index contributed by atoms with van der Waals surface area (Å²) in [4.78, 5) is 7.26. The van der Waals surface area contributed by atoms with E-state index < -0.39 is 0 Å². The molecule has 3 atom stereocenters. The van der Waals surface area contributed by atoms with Crippen molar-refractivity contribution in [2.24, 2.45) is 0 Å². The largest absolute Gasteiger partial charge is 0.377 e. The van der Waals surface area contributed by atoms with Crippen molar-refractivity contribution < 1.29 is 13.9 Å². The van der Waals surface area contributed by atoms with Gasteiger partial charge in [-0.3, -0.25) is 4.98 Å². The van der Waals surface area contributed by atoms with Crippen LogP contribution in [0.5, 0.6) is 0 Å². The molecule has 35 heavy (non-hydrogen) atoms. The molecule has 4 heterocycles. The van der Waals surface area contributed by atoms with Gasteiger partial charge < -0.3 is 19.7 Å². The van der Waals surface area contributed by atoms with Gasteiger partial charge in [-0.15, -0.1) is 0 Å². The molecular formula is C29H38FN3O2. The molecule has 1 spiro atoms. The van der Waals surface area contributed by atoms with Gasteiger partial charge in [-0.25, -0.2) is 4.39 Å². The molecule has 0 radical (unpaired) electrons. The Labute approximate surface area is 208 Å². The van der Waals surface area contributed by atoms with E-state index in [1.807, 2.05) is 18.3 Å². The Kier molecular flexibility index (Phi) is 6.54. The number of nitrogens with one attached hydrogen (secondary N) is 1. The molecular weight excluding hydrogens is 441 g/mol. The third kappa shape index (κ3) is 4.61. The highest BCUT2D eigenvalue weighted by Crippen LogP contribution is 2.49. The average molecular weight is 480 g/mol. The average Bonchev–Trinajstić information content (AvgIpc) is 3.43. The van der Waals surface area contributed by atoms with Crippen LogP contribution >= 0.6 is 0 Å². The first-order valence-electron chi connectivity index (χ1n) is 13.6. The normalized spacial score (nSPS) is 29.7. The fourth-order valence-corrected chi connectivity index (χ4v) is 7.30. The SMILES string of the molecule is Fc1ccc(CNCCC2(c3ccccn3)CCOC3(CCCC3)C2)c(N2C3CCC2COC3)c1. The van der Waals surface area contributed by atoms with Crippen LogP contribution in [0.3, 0.4) is 0 Å². The number of pyridine rings is 1. The van der Waals surface area contributed by atoms with Crippen molar-refractivity contribution in [1.29, 1.82) is 0 Å². The maximum atomic E-state index is 14.3. The van der Waals surface area contributed by atoms with Crippen LogP contribution in [0.4, 0.5) is 10.1 Å². The molecule has 6 rings (SSSR count). The van der Waals surface area contributed by atoms with E-state index in [1.165, 1.54) is 36.9 Å². The lowest BCUT2D eigenvalue weighted by atomic mass is 9.68. The molecule has 2 aromatic rings. The fourth-order valence-electron chi connectivity index (χ4n) is 7.30. The zero-order valence-electron chi connectivity index (χ0n) is 20.7. The Morgan fingerprint density at radius 2 is 1.89 bits per heavy atom. The lowest BCUT2D eigenvalue weighted by Gasteiger charge is -2.46. The minimum Gasteiger partial charge on any atom is -0.377 e. The highest BCUT2D eigenvalue weighted by atomic mass is 19.1. The minimum atomic E-state index is -0.159. The molecule has 0 amide bonds. The fraction of sp³-hybridized carbons (Fsp3) is 0.621. The summed E-state index contributed by atoms with van der Waals surface area (Å²) < 4.78 is 26.5. The highest BCUT2D eigenvalue weighted by molar-refractivity contribution is 5.57. The number of anilines is 1. The molecule has 2 bridgehead atoms. The molecule has 5 nitrogen and oxygen atoms in total. The van der Waals surface area contributed by atoms with E-state index >= 15 is 0 Å². The molecule has 6 heteroatoms. The Morgan fingerprint density at radius 1 is 1.06 bits per heavy atom. The predicted molar refractivity (Wildman–Crippen MR) is 135 cm³/mol. The van der Waals surface area contributed by atoms with Crippen LogP contribution in [0.25, 0.3) is 0 Å². The molecule has 3 saturated heterocycles. The quantitative estimate of drug-likeness (QED) is 0.558. The first-order valence-corrected chi connectivity index (χ1v) is 13.6. The predicted octanol–water partition coefficient (Wildman–Crippen LogP) is 5.13. The van der Waals surface area contributed by atoms with Gasteiger partial charge in [-0.1, -0.05) is 25.0 Å². The zero-order valence-corrected chi connectivity index (χ0v) is 20.7. The van der Waals surface area contributed by atoms with Crippen molar-refractivity contribution in [3.05, 3.63) is 59.7 Å². The molecule has 1 aromatic heterocycles. The summed E-state index contributed by atoms with van der Waals surface area (Å²) in [6.07, 6.45) is 12.2. The Balaban J connectivity index is 1.17. The third-order valence-corrected chi connectivity index (χ3v) is 9.03. The van der Waals surface area contributed by atoms with E-state index in [4.69, 9.17) is 14.5 Å². The number of fused-ring (bicyclic) bond motifs is 2. The summed E-state index contributed by atoms with van der Waals surface area (Å²) >= 11 is 0. The molecule has 1 aliphatic carbocycles. The van der Waals surface area contributed by atoms with Crippen LogP contribution in [-0.2, 0) is 21.4 Å². The second-order valence-corrected chi connectivity index (χ2v) is 11.2. The maximum Gasteiger partial charge on any atom is 0.125 e. The van der Waals surface area contributed by atoms with Gasteiger partial charge in [-0.05, 0) is 81.3 Å². The number of rotatable bonds is 7. The van der Waals surface area contributed by atoms with Crippen LogP contribution in [0.2, 0.25) is 0 Å². The van der Waals surface area contributed by atoms with Crippen molar-refractivity contribution in [1.82, 2.24) is 10.3 Å². The summed E-state index contributed by atoms with van der Waals surface area (Å²) in [6, 6.07) is 12.4. The first kappa shape index (κ1) is 23.4. The molecule has 188 valence electrons. The number of ether oxygens (including phenoxy) is 2. The first-order chi connectivity index (χ1) is 17.2. The number of aromatic nitrogens is 1. The van der Waals surface area contributed by atoms with Gasteiger partial charge in [-0.2, -0.15) is 0 Å². The molecule has 1 N–H and O–H groups in total. The van der Waals surface area contributed by atoms with Gasteiger partial charge in [0.25, 0.3) is 0 Å². The highest BCUT2D eigenvalue weighted by Gasteiger charge is 2.48. The Hall–Kier alpha value is -2.02. The van der Waals surface area contributed by atoms with E-state index in [-0.39, 0.29) is 16.8 Å². The van der Waals surface area contributed by atoms with Crippen LogP contribution in [-0.4, -0.2) is 49.0 Å². The Morgan fingerprint density at radius 3 is 2.66 bits per heavy atom. The molecule has 4 aliphatic rings. The number of benzene rings is 1. The lowest BCUT2D eigenvalue weighted by Crippen LogP contribution is -2.47. The van der Waals surface area contributed by atoms with Gasteiger partial charge in [0.1, 0.15) is 5.82 Å². The van der Waals surface area contributed by atoms with E-state index in [2.05, 4.69) is 22.3 Å². The van der Waals surface area contributed by atoms with Gasteiger partial charge >= 0.3 is 0 Å². The topological polar surface area (TPSA) is 46.6 Å². The van der Waals surface area contributed by atoms with E-state index in [9.17, 15) is 4.39 Å². The molecule has 1 aromatic carbocycles. The second-order valence-electron chi connectivity index (χ2n) is 11.2.